The molecule has 2 aromatic carbocycles. The standard InChI is InChI=1S/C19H23NO4S/c1-18(2,3)14-10-12-15(13-11-14)19(4,17(21)22)20-25(23,24)16-8-6-5-7-9-16/h5-13,20H,1-4H3,(H,21,22). The number of hydrogen-bond acceptors (Lipinski definition) is 3. The van der Waals surface area contributed by atoms with Crippen molar-refractivity contribution in [2.75, 3.05) is 0 Å². The zero-order valence-electron chi connectivity index (χ0n) is 14.8. The van der Waals surface area contributed by atoms with Crippen LogP contribution in [0.3, 0.4) is 0 Å². The monoisotopic (exact) mass is 361 g/mol. The highest BCUT2D eigenvalue weighted by atomic mass is 32.2. The third-order valence-corrected chi connectivity index (χ3v) is 5.72. The van der Waals surface area contributed by atoms with Crippen LogP contribution in [-0.2, 0) is 25.8 Å². The van der Waals surface area contributed by atoms with Crippen LogP contribution >= 0.6 is 0 Å². The van der Waals surface area contributed by atoms with Gasteiger partial charge in [0.1, 0.15) is 0 Å². The fraction of sp³-hybridized carbons (Fsp3) is 0.316. The zero-order valence-corrected chi connectivity index (χ0v) is 15.6. The summed E-state index contributed by atoms with van der Waals surface area (Å²) in [5, 5.41) is 9.70. The van der Waals surface area contributed by atoms with E-state index in [1.807, 2.05) is 12.1 Å². The van der Waals surface area contributed by atoms with E-state index in [9.17, 15) is 18.3 Å². The Morgan fingerprint density at radius 3 is 1.80 bits per heavy atom. The molecule has 0 amide bonds. The Morgan fingerprint density at radius 1 is 0.880 bits per heavy atom. The third-order valence-electron chi connectivity index (χ3n) is 4.15. The summed E-state index contributed by atoms with van der Waals surface area (Å²) in [5.74, 6) is -1.27. The molecule has 2 aromatic rings. The minimum atomic E-state index is -3.98. The molecule has 134 valence electrons. The summed E-state index contributed by atoms with van der Waals surface area (Å²) >= 11 is 0. The first-order valence-corrected chi connectivity index (χ1v) is 9.38. The Labute approximate surface area is 148 Å². The van der Waals surface area contributed by atoms with Crippen LogP contribution in [0.4, 0.5) is 0 Å². The van der Waals surface area contributed by atoms with Crippen molar-refractivity contribution in [1.82, 2.24) is 4.72 Å². The van der Waals surface area contributed by atoms with Crippen molar-refractivity contribution in [3.05, 3.63) is 65.7 Å². The van der Waals surface area contributed by atoms with Crippen molar-refractivity contribution in [1.29, 1.82) is 0 Å². The van der Waals surface area contributed by atoms with Crippen LogP contribution in [0.25, 0.3) is 0 Å². The Bertz CT molecular complexity index is 853. The maximum absolute atomic E-state index is 12.6. The van der Waals surface area contributed by atoms with Crippen molar-refractivity contribution in [3.63, 3.8) is 0 Å². The second-order valence-electron chi connectivity index (χ2n) is 7.18. The minimum Gasteiger partial charge on any atom is -0.480 e. The number of carboxylic acids is 1. The molecule has 0 saturated heterocycles. The van der Waals surface area contributed by atoms with Gasteiger partial charge in [-0.15, -0.1) is 0 Å². The quantitative estimate of drug-likeness (QED) is 0.856. The summed E-state index contributed by atoms with van der Waals surface area (Å²) in [4.78, 5) is 11.9. The lowest BCUT2D eigenvalue weighted by Crippen LogP contribution is -2.49. The van der Waals surface area contributed by atoms with E-state index >= 15 is 0 Å². The Balaban J connectivity index is 2.44. The fourth-order valence-electron chi connectivity index (χ4n) is 2.46. The molecule has 0 heterocycles. The normalized spacial score (nSPS) is 14.7. The van der Waals surface area contributed by atoms with Crippen molar-refractivity contribution >= 4 is 16.0 Å². The molecule has 1 atom stereocenters. The van der Waals surface area contributed by atoms with Crippen LogP contribution in [0, 0.1) is 0 Å². The summed E-state index contributed by atoms with van der Waals surface area (Å²) in [7, 11) is -3.98. The van der Waals surface area contributed by atoms with Gasteiger partial charge in [-0.05, 0) is 35.6 Å². The van der Waals surface area contributed by atoms with Crippen molar-refractivity contribution in [3.8, 4) is 0 Å². The van der Waals surface area contributed by atoms with Gasteiger partial charge in [0.25, 0.3) is 0 Å². The highest BCUT2D eigenvalue weighted by Gasteiger charge is 2.39. The number of aliphatic carboxylic acids is 1. The SMILES string of the molecule is CC(C)(C)c1ccc(C(C)(NS(=O)(=O)c2ccccc2)C(=O)O)cc1. The first-order valence-electron chi connectivity index (χ1n) is 7.90. The summed E-state index contributed by atoms with van der Waals surface area (Å²) < 4.78 is 27.5. The van der Waals surface area contributed by atoms with E-state index in [1.165, 1.54) is 19.1 Å². The Morgan fingerprint density at radius 2 is 1.36 bits per heavy atom. The smallest absolute Gasteiger partial charge is 0.329 e. The van der Waals surface area contributed by atoms with Crippen LogP contribution in [0.2, 0.25) is 0 Å². The molecular weight excluding hydrogens is 338 g/mol. The number of carboxylic acid groups (broad SMARTS) is 1. The number of carbonyl (C=O) groups is 1. The lowest BCUT2D eigenvalue weighted by Gasteiger charge is -2.28. The van der Waals surface area contributed by atoms with Gasteiger partial charge in [0.2, 0.25) is 10.0 Å². The van der Waals surface area contributed by atoms with E-state index < -0.39 is 21.5 Å². The average Bonchev–Trinajstić information content (AvgIpc) is 2.54. The van der Waals surface area contributed by atoms with Gasteiger partial charge in [-0.25, -0.2) is 13.2 Å². The molecule has 2 N–H and O–H groups in total. The molecule has 0 aliphatic carbocycles. The zero-order chi connectivity index (χ0) is 18.9. The lowest BCUT2D eigenvalue weighted by atomic mass is 9.84. The maximum Gasteiger partial charge on any atom is 0.329 e. The molecule has 0 fully saturated rings. The number of nitrogens with one attached hydrogen (secondary N) is 1. The van der Waals surface area contributed by atoms with Gasteiger partial charge < -0.3 is 5.11 Å². The van der Waals surface area contributed by atoms with Crippen LogP contribution in [0.5, 0.6) is 0 Å². The van der Waals surface area contributed by atoms with E-state index in [2.05, 4.69) is 25.5 Å². The summed E-state index contributed by atoms with van der Waals surface area (Å²) in [6.45, 7) is 7.51. The maximum atomic E-state index is 12.6. The lowest BCUT2D eigenvalue weighted by molar-refractivity contribution is -0.143. The molecule has 0 spiro atoms. The van der Waals surface area contributed by atoms with Gasteiger partial charge in [0.15, 0.2) is 5.54 Å². The number of sulfonamides is 1. The van der Waals surface area contributed by atoms with Crippen LogP contribution in [0.1, 0.15) is 38.8 Å². The molecular formula is C19H23NO4S. The van der Waals surface area contributed by atoms with E-state index in [4.69, 9.17) is 0 Å². The summed E-state index contributed by atoms with van der Waals surface area (Å²) in [6.07, 6.45) is 0. The largest absolute Gasteiger partial charge is 0.480 e. The van der Waals surface area contributed by atoms with Gasteiger partial charge in [0.05, 0.1) is 4.90 Å². The Hall–Kier alpha value is -2.18. The summed E-state index contributed by atoms with van der Waals surface area (Å²) in [6, 6.07) is 14.7. The van der Waals surface area contributed by atoms with Gasteiger partial charge >= 0.3 is 5.97 Å². The molecule has 0 radical (unpaired) electrons. The van der Waals surface area contributed by atoms with Gasteiger partial charge in [0, 0.05) is 0 Å². The molecule has 1 unspecified atom stereocenters. The van der Waals surface area contributed by atoms with Crippen LogP contribution in [-0.4, -0.2) is 19.5 Å². The topological polar surface area (TPSA) is 83.5 Å². The number of benzene rings is 2. The van der Waals surface area contributed by atoms with Crippen molar-refractivity contribution < 1.29 is 18.3 Å². The third kappa shape index (κ3) is 4.08. The highest BCUT2D eigenvalue weighted by Crippen LogP contribution is 2.28. The molecule has 5 nitrogen and oxygen atoms in total. The van der Waals surface area contributed by atoms with Crippen LogP contribution < -0.4 is 4.72 Å². The van der Waals surface area contributed by atoms with Crippen LogP contribution in [0.15, 0.2) is 59.5 Å². The minimum absolute atomic E-state index is 0.0220. The molecule has 0 saturated carbocycles. The van der Waals surface area contributed by atoms with Crippen molar-refractivity contribution in [2.24, 2.45) is 0 Å². The average molecular weight is 361 g/mol. The number of rotatable bonds is 5. The molecule has 2 rings (SSSR count). The Kier molecular flexibility index (Phi) is 5.06. The fourth-order valence-corrected chi connectivity index (χ4v) is 3.83. The van der Waals surface area contributed by atoms with E-state index in [-0.39, 0.29) is 10.3 Å². The first-order chi connectivity index (χ1) is 11.5. The van der Waals surface area contributed by atoms with E-state index in [1.54, 1.807) is 30.3 Å². The molecule has 25 heavy (non-hydrogen) atoms. The molecule has 6 heteroatoms. The van der Waals surface area contributed by atoms with Crippen molar-refractivity contribution in [2.45, 2.75) is 43.5 Å². The molecule has 0 aliphatic rings. The highest BCUT2D eigenvalue weighted by molar-refractivity contribution is 7.89. The predicted octanol–water partition coefficient (Wildman–Crippen LogP) is 3.26. The molecule has 0 bridgehead atoms. The second kappa shape index (κ2) is 6.61. The van der Waals surface area contributed by atoms with Gasteiger partial charge in [-0.3, -0.25) is 0 Å². The summed E-state index contributed by atoms with van der Waals surface area (Å²) in [5.41, 5.74) is -0.449. The van der Waals surface area contributed by atoms with E-state index in [0.29, 0.717) is 5.56 Å². The first kappa shape index (κ1) is 19.1. The predicted molar refractivity (Wildman–Crippen MR) is 96.9 cm³/mol. The molecule has 0 aromatic heterocycles. The van der Waals surface area contributed by atoms with Gasteiger partial charge in [-0.1, -0.05) is 63.2 Å². The van der Waals surface area contributed by atoms with E-state index in [0.717, 1.165) is 5.56 Å². The number of hydrogen-bond donors (Lipinski definition) is 2. The van der Waals surface area contributed by atoms with Gasteiger partial charge in [-0.2, -0.15) is 4.72 Å². The second-order valence-corrected chi connectivity index (χ2v) is 8.86. The molecule has 0 aliphatic heterocycles.